The van der Waals surface area contributed by atoms with Crippen molar-refractivity contribution >= 4 is 28.3 Å². The molecule has 0 radical (unpaired) electrons. The maximum atomic E-state index is 11.2. The number of hydrogen-bond donors (Lipinski definition) is 0. The summed E-state index contributed by atoms with van der Waals surface area (Å²) in [5, 5.41) is 2.57. The molecule has 3 nitrogen and oxygen atoms in total. The first-order valence-electron chi connectivity index (χ1n) is 6.18. The Kier molecular flexibility index (Phi) is 4.63. The lowest BCUT2D eigenvalue weighted by Gasteiger charge is -2.10. The monoisotopic (exact) mass is 278 g/mol. The van der Waals surface area contributed by atoms with E-state index in [1.165, 1.54) is 0 Å². The lowest BCUT2D eigenvalue weighted by Crippen LogP contribution is -2.09. The average molecular weight is 279 g/mol. The van der Waals surface area contributed by atoms with E-state index in [1.807, 2.05) is 30.3 Å². The summed E-state index contributed by atoms with van der Waals surface area (Å²) in [5.74, 6) is 0.477. The fourth-order valence-electron chi connectivity index (χ4n) is 1.84. The number of rotatable bonds is 5. The molecule has 0 aliphatic rings. The fraction of sp³-hybridized carbons (Fsp3) is 0.267. The van der Waals surface area contributed by atoms with Crippen LogP contribution < -0.4 is 4.74 Å². The van der Waals surface area contributed by atoms with Crippen molar-refractivity contribution in [1.82, 2.24) is 0 Å². The van der Waals surface area contributed by atoms with Gasteiger partial charge in [-0.25, -0.2) is 0 Å². The largest absolute Gasteiger partial charge is 0.492 e. The highest BCUT2D eigenvalue weighted by Crippen LogP contribution is 2.31. The summed E-state index contributed by atoms with van der Waals surface area (Å²) < 4.78 is 10.5. The van der Waals surface area contributed by atoms with Crippen LogP contribution >= 0.6 is 11.6 Å². The highest BCUT2D eigenvalue weighted by Gasteiger charge is 2.07. The number of benzene rings is 2. The molecule has 0 aromatic heterocycles. The Hall–Kier alpha value is -1.74. The molecule has 0 heterocycles. The normalized spacial score (nSPS) is 10.4. The molecule has 0 unspecified atom stereocenters. The fourth-order valence-corrected chi connectivity index (χ4v) is 2.07. The van der Waals surface area contributed by atoms with E-state index in [-0.39, 0.29) is 12.4 Å². The van der Waals surface area contributed by atoms with Crippen LogP contribution in [0.25, 0.3) is 10.8 Å². The van der Waals surface area contributed by atoms with Crippen LogP contribution in [-0.4, -0.2) is 19.2 Å². The van der Waals surface area contributed by atoms with E-state index in [9.17, 15) is 4.79 Å². The number of hydrogen-bond acceptors (Lipinski definition) is 3. The number of carbonyl (C=O) groups is 1. The molecule has 0 saturated carbocycles. The van der Waals surface area contributed by atoms with Crippen LogP contribution in [-0.2, 0) is 9.53 Å². The lowest BCUT2D eigenvalue weighted by molar-refractivity contribution is -0.143. The van der Waals surface area contributed by atoms with Crippen molar-refractivity contribution in [3.05, 3.63) is 41.4 Å². The van der Waals surface area contributed by atoms with Crippen molar-refractivity contribution < 1.29 is 14.3 Å². The second kappa shape index (κ2) is 6.43. The van der Waals surface area contributed by atoms with Crippen LogP contribution in [0.5, 0.6) is 5.75 Å². The first-order valence-corrected chi connectivity index (χ1v) is 6.56. The minimum atomic E-state index is -0.249. The van der Waals surface area contributed by atoms with E-state index < -0.39 is 0 Å². The van der Waals surface area contributed by atoms with Crippen LogP contribution in [0.4, 0.5) is 0 Å². The second-order valence-corrected chi connectivity index (χ2v) is 4.40. The molecule has 4 heteroatoms. The summed E-state index contributed by atoms with van der Waals surface area (Å²) in [6.07, 6.45) is 0.241. The van der Waals surface area contributed by atoms with Crippen molar-refractivity contribution in [2.24, 2.45) is 0 Å². The quantitative estimate of drug-likeness (QED) is 0.780. The van der Waals surface area contributed by atoms with E-state index in [2.05, 4.69) is 0 Å². The summed E-state index contributed by atoms with van der Waals surface area (Å²) in [6, 6.07) is 11.4. The van der Waals surface area contributed by atoms with Crippen molar-refractivity contribution in [2.45, 2.75) is 13.3 Å². The molecule has 0 bridgehead atoms. The Labute approximate surface area is 117 Å². The number of esters is 1. The Balaban J connectivity index is 2.09. The van der Waals surface area contributed by atoms with Gasteiger partial charge in [-0.2, -0.15) is 0 Å². The Morgan fingerprint density at radius 2 is 1.89 bits per heavy atom. The molecule has 2 aromatic carbocycles. The van der Waals surface area contributed by atoms with Gasteiger partial charge >= 0.3 is 5.97 Å². The third-order valence-electron chi connectivity index (χ3n) is 2.70. The van der Waals surface area contributed by atoms with Crippen molar-refractivity contribution in [3.8, 4) is 5.75 Å². The van der Waals surface area contributed by atoms with Gasteiger partial charge in [0.15, 0.2) is 0 Å². The van der Waals surface area contributed by atoms with Gasteiger partial charge in [-0.1, -0.05) is 35.9 Å². The molecule has 0 aliphatic heterocycles. The minimum absolute atomic E-state index is 0.241. The lowest BCUT2D eigenvalue weighted by atomic mass is 10.1. The Morgan fingerprint density at radius 3 is 2.63 bits per heavy atom. The van der Waals surface area contributed by atoms with Crippen LogP contribution in [0.15, 0.2) is 36.4 Å². The van der Waals surface area contributed by atoms with Crippen LogP contribution in [0.1, 0.15) is 13.3 Å². The van der Waals surface area contributed by atoms with Gasteiger partial charge in [0.05, 0.1) is 19.6 Å². The highest BCUT2D eigenvalue weighted by atomic mass is 35.5. The average Bonchev–Trinajstić information content (AvgIpc) is 2.42. The number of fused-ring (bicyclic) bond motifs is 1. The summed E-state index contributed by atoms with van der Waals surface area (Å²) >= 11 is 6.13. The van der Waals surface area contributed by atoms with E-state index in [0.29, 0.717) is 18.2 Å². The molecule has 0 fully saturated rings. The third-order valence-corrected chi connectivity index (χ3v) is 3.03. The van der Waals surface area contributed by atoms with Crippen molar-refractivity contribution in [1.29, 1.82) is 0 Å². The molecule has 0 spiro atoms. The third kappa shape index (κ3) is 3.38. The maximum Gasteiger partial charge on any atom is 0.309 e. The summed E-state index contributed by atoms with van der Waals surface area (Å²) in [4.78, 5) is 11.2. The molecule has 2 rings (SSSR count). The van der Waals surface area contributed by atoms with Gasteiger partial charge in [0, 0.05) is 15.8 Å². The zero-order valence-corrected chi connectivity index (χ0v) is 11.4. The molecule has 0 N–H and O–H groups in total. The predicted molar refractivity (Wildman–Crippen MR) is 75.7 cm³/mol. The molecule has 0 atom stereocenters. The minimum Gasteiger partial charge on any atom is -0.492 e. The molecule has 100 valence electrons. The highest BCUT2D eigenvalue weighted by molar-refractivity contribution is 6.35. The number of halogens is 1. The zero-order valence-electron chi connectivity index (χ0n) is 10.7. The topological polar surface area (TPSA) is 35.5 Å². The van der Waals surface area contributed by atoms with Crippen LogP contribution in [0.3, 0.4) is 0 Å². The molecule has 0 saturated heterocycles. The number of carbonyl (C=O) groups excluding carboxylic acids is 1. The molecular weight excluding hydrogens is 264 g/mol. The van der Waals surface area contributed by atoms with Gasteiger partial charge in [-0.05, 0) is 19.1 Å². The molecular formula is C15H15ClO3. The van der Waals surface area contributed by atoms with Crippen molar-refractivity contribution in [2.75, 3.05) is 13.2 Å². The summed E-state index contributed by atoms with van der Waals surface area (Å²) in [7, 11) is 0. The molecule has 0 aliphatic carbocycles. The molecule has 19 heavy (non-hydrogen) atoms. The second-order valence-electron chi connectivity index (χ2n) is 3.99. The van der Waals surface area contributed by atoms with Crippen LogP contribution in [0.2, 0.25) is 5.02 Å². The van der Waals surface area contributed by atoms with Gasteiger partial charge < -0.3 is 9.47 Å². The smallest absolute Gasteiger partial charge is 0.309 e. The van der Waals surface area contributed by atoms with Gasteiger partial charge in [-0.3, -0.25) is 4.79 Å². The Bertz CT molecular complexity index is 581. The molecule has 2 aromatic rings. The van der Waals surface area contributed by atoms with Crippen LogP contribution in [0, 0.1) is 0 Å². The van der Waals surface area contributed by atoms with E-state index in [0.717, 1.165) is 16.5 Å². The summed E-state index contributed by atoms with van der Waals surface area (Å²) in [5.41, 5.74) is 0. The first-order chi connectivity index (χ1) is 9.22. The van der Waals surface area contributed by atoms with Crippen molar-refractivity contribution in [3.63, 3.8) is 0 Å². The molecule has 0 amide bonds. The number of ether oxygens (including phenoxy) is 2. The van der Waals surface area contributed by atoms with E-state index in [1.54, 1.807) is 13.0 Å². The van der Waals surface area contributed by atoms with Gasteiger partial charge in [0.1, 0.15) is 5.75 Å². The van der Waals surface area contributed by atoms with Gasteiger partial charge in [0.25, 0.3) is 0 Å². The van der Waals surface area contributed by atoms with E-state index in [4.69, 9.17) is 21.1 Å². The van der Waals surface area contributed by atoms with Gasteiger partial charge in [0.2, 0.25) is 0 Å². The first kappa shape index (κ1) is 13.7. The standard InChI is InChI=1S/C15H15ClO3/c1-2-18-15(17)9-10-19-14-8-7-13(16)11-5-3-4-6-12(11)14/h3-8H,2,9-10H2,1H3. The maximum absolute atomic E-state index is 11.2. The SMILES string of the molecule is CCOC(=O)CCOc1ccc(Cl)c2ccccc12. The Morgan fingerprint density at radius 1 is 1.16 bits per heavy atom. The van der Waals surface area contributed by atoms with Gasteiger partial charge in [-0.15, -0.1) is 0 Å². The van der Waals surface area contributed by atoms with E-state index >= 15 is 0 Å². The summed E-state index contributed by atoms with van der Waals surface area (Å²) in [6.45, 7) is 2.47. The predicted octanol–water partition coefficient (Wildman–Crippen LogP) is 3.83. The zero-order chi connectivity index (χ0) is 13.7.